The van der Waals surface area contributed by atoms with E-state index >= 15 is 0 Å². The SMILES string of the molecule is CCCOC1CCCN(C(=O)CCl)C1. The average molecular weight is 220 g/mol. The number of nitrogens with zero attached hydrogens (tertiary/aromatic N) is 1. The van der Waals surface area contributed by atoms with Crippen molar-refractivity contribution in [3.8, 4) is 0 Å². The van der Waals surface area contributed by atoms with Crippen molar-refractivity contribution in [1.82, 2.24) is 4.90 Å². The Hall–Kier alpha value is -0.280. The van der Waals surface area contributed by atoms with Crippen molar-refractivity contribution in [2.75, 3.05) is 25.6 Å². The zero-order chi connectivity index (χ0) is 10.4. The number of amides is 1. The largest absolute Gasteiger partial charge is 0.376 e. The quantitative estimate of drug-likeness (QED) is 0.673. The van der Waals surface area contributed by atoms with Gasteiger partial charge in [0.15, 0.2) is 0 Å². The van der Waals surface area contributed by atoms with Gasteiger partial charge in [0, 0.05) is 19.7 Å². The van der Waals surface area contributed by atoms with Crippen molar-refractivity contribution in [1.29, 1.82) is 0 Å². The van der Waals surface area contributed by atoms with Gasteiger partial charge in [0.1, 0.15) is 5.88 Å². The molecule has 1 unspecified atom stereocenters. The molecule has 0 aliphatic carbocycles. The zero-order valence-corrected chi connectivity index (χ0v) is 9.42. The van der Waals surface area contributed by atoms with E-state index < -0.39 is 0 Å². The van der Waals surface area contributed by atoms with Gasteiger partial charge in [-0.05, 0) is 19.3 Å². The average Bonchev–Trinajstić information content (AvgIpc) is 2.25. The number of halogens is 1. The second-order valence-corrected chi connectivity index (χ2v) is 3.88. The van der Waals surface area contributed by atoms with Crippen LogP contribution in [0, 0.1) is 0 Å². The number of piperidine rings is 1. The van der Waals surface area contributed by atoms with Crippen LogP contribution in [0.3, 0.4) is 0 Å². The molecule has 1 saturated heterocycles. The highest BCUT2D eigenvalue weighted by Gasteiger charge is 2.22. The van der Waals surface area contributed by atoms with Crippen LogP contribution < -0.4 is 0 Å². The van der Waals surface area contributed by atoms with Gasteiger partial charge in [0.2, 0.25) is 5.91 Å². The highest BCUT2D eigenvalue weighted by atomic mass is 35.5. The lowest BCUT2D eigenvalue weighted by Gasteiger charge is -2.32. The van der Waals surface area contributed by atoms with Gasteiger partial charge in [-0.25, -0.2) is 0 Å². The first kappa shape index (κ1) is 11.8. The molecule has 0 bridgehead atoms. The fourth-order valence-electron chi connectivity index (χ4n) is 1.67. The molecule has 0 radical (unpaired) electrons. The maximum atomic E-state index is 11.3. The van der Waals surface area contributed by atoms with Crippen molar-refractivity contribution in [2.24, 2.45) is 0 Å². The van der Waals surface area contributed by atoms with Crippen molar-refractivity contribution in [2.45, 2.75) is 32.3 Å². The van der Waals surface area contributed by atoms with Crippen molar-refractivity contribution < 1.29 is 9.53 Å². The highest BCUT2D eigenvalue weighted by molar-refractivity contribution is 6.27. The summed E-state index contributed by atoms with van der Waals surface area (Å²) >= 11 is 5.51. The molecule has 4 heteroatoms. The van der Waals surface area contributed by atoms with Gasteiger partial charge < -0.3 is 9.64 Å². The molecule has 82 valence electrons. The molecule has 0 saturated carbocycles. The molecule has 1 heterocycles. The Kier molecular flexibility index (Phi) is 5.26. The summed E-state index contributed by atoms with van der Waals surface area (Å²) in [4.78, 5) is 13.1. The molecule has 1 fully saturated rings. The fourth-order valence-corrected chi connectivity index (χ4v) is 1.84. The number of carbonyl (C=O) groups excluding carboxylic acids is 1. The molecule has 1 atom stereocenters. The number of alkyl halides is 1. The molecule has 1 rings (SSSR count). The molecule has 0 aromatic carbocycles. The summed E-state index contributed by atoms with van der Waals surface area (Å²) in [5.74, 6) is 0.108. The molecule has 0 aromatic rings. The molecule has 0 aromatic heterocycles. The summed E-state index contributed by atoms with van der Waals surface area (Å²) in [7, 11) is 0. The van der Waals surface area contributed by atoms with E-state index in [4.69, 9.17) is 16.3 Å². The van der Waals surface area contributed by atoms with Gasteiger partial charge in [-0.15, -0.1) is 11.6 Å². The topological polar surface area (TPSA) is 29.5 Å². The van der Waals surface area contributed by atoms with Crippen LogP contribution >= 0.6 is 11.6 Å². The van der Waals surface area contributed by atoms with Crippen LogP contribution in [0.2, 0.25) is 0 Å². The van der Waals surface area contributed by atoms with E-state index in [1.807, 2.05) is 0 Å². The Labute approximate surface area is 90.4 Å². The third kappa shape index (κ3) is 3.46. The molecule has 1 amide bonds. The number of hydrogen-bond donors (Lipinski definition) is 0. The molecule has 0 spiro atoms. The number of likely N-dealkylation sites (tertiary alicyclic amines) is 1. The summed E-state index contributed by atoms with van der Waals surface area (Å²) in [6.07, 6.45) is 3.33. The maximum absolute atomic E-state index is 11.3. The van der Waals surface area contributed by atoms with Crippen molar-refractivity contribution >= 4 is 17.5 Å². The fraction of sp³-hybridized carbons (Fsp3) is 0.900. The molecular weight excluding hydrogens is 202 g/mol. The first-order valence-corrected chi connectivity index (χ1v) is 5.76. The Morgan fingerprint density at radius 1 is 1.64 bits per heavy atom. The standard InChI is InChI=1S/C10H18ClNO2/c1-2-6-14-9-4-3-5-12(8-9)10(13)7-11/h9H,2-8H2,1H3. The van der Waals surface area contributed by atoms with Gasteiger partial charge in [0.25, 0.3) is 0 Å². The van der Waals surface area contributed by atoms with E-state index in [0.717, 1.165) is 32.4 Å². The van der Waals surface area contributed by atoms with Crippen LogP contribution in [-0.4, -0.2) is 42.5 Å². The van der Waals surface area contributed by atoms with Gasteiger partial charge in [0.05, 0.1) is 6.10 Å². The van der Waals surface area contributed by atoms with Crippen molar-refractivity contribution in [3.63, 3.8) is 0 Å². The predicted octanol–water partition coefficient (Wildman–Crippen LogP) is 1.64. The third-order valence-corrected chi connectivity index (χ3v) is 2.63. The summed E-state index contributed by atoms with van der Waals surface area (Å²) in [6, 6.07) is 0. The normalized spacial score (nSPS) is 22.4. The van der Waals surface area contributed by atoms with E-state index in [-0.39, 0.29) is 17.9 Å². The Morgan fingerprint density at radius 3 is 3.07 bits per heavy atom. The number of hydrogen-bond acceptors (Lipinski definition) is 2. The molecule has 1 aliphatic rings. The molecule has 14 heavy (non-hydrogen) atoms. The maximum Gasteiger partial charge on any atom is 0.237 e. The monoisotopic (exact) mass is 219 g/mol. The smallest absolute Gasteiger partial charge is 0.237 e. The number of ether oxygens (including phenoxy) is 1. The molecule has 1 aliphatic heterocycles. The minimum Gasteiger partial charge on any atom is -0.376 e. The summed E-state index contributed by atoms with van der Waals surface area (Å²) in [6.45, 7) is 4.42. The van der Waals surface area contributed by atoms with E-state index in [0.29, 0.717) is 6.54 Å². The molecule has 3 nitrogen and oxygen atoms in total. The van der Waals surface area contributed by atoms with Gasteiger partial charge >= 0.3 is 0 Å². The Morgan fingerprint density at radius 2 is 2.43 bits per heavy atom. The van der Waals surface area contributed by atoms with Gasteiger partial charge in [-0.1, -0.05) is 6.92 Å². The molecular formula is C10H18ClNO2. The Bertz CT molecular complexity index is 187. The Balaban J connectivity index is 2.31. The first-order chi connectivity index (χ1) is 6.77. The van der Waals surface area contributed by atoms with E-state index in [2.05, 4.69) is 6.92 Å². The van der Waals surface area contributed by atoms with Crippen LogP contribution in [0.4, 0.5) is 0 Å². The van der Waals surface area contributed by atoms with E-state index in [1.165, 1.54) is 0 Å². The lowest BCUT2D eigenvalue weighted by molar-refractivity contribution is -0.132. The molecule has 0 N–H and O–H groups in total. The minimum absolute atomic E-state index is 0.0245. The highest BCUT2D eigenvalue weighted by Crippen LogP contribution is 2.13. The van der Waals surface area contributed by atoms with Crippen LogP contribution in [0.15, 0.2) is 0 Å². The van der Waals surface area contributed by atoms with Gasteiger partial charge in [-0.2, -0.15) is 0 Å². The van der Waals surface area contributed by atoms with Crippen LogP contribution in [-0.2, 0) is 9.53 Å². The van der Waals surface area contributed by atoms with Crippen LogP contribution in [0.25, 0.3) is 0 Å². The third-order valence-electron chi connectivity index (χ3n) is 2.40. The van der Waals surface area contributed by atoms with Gasteiger partial charge in [-0.3, -0.25) is 4.79 Å². The first-order valence-electron chi connectivity index (χ1n) is 5.23. The second-order valence-electron chi connectivity index (χ2n) is 3.61. The summed E-state index contributed by atoms with van der Waals surface area (Å²) in [5.41, 5.74) is 0. The van der Waals surface area contributed by atoms with Crippen LogP contribution in [0.5, 0.6) is 0 Å². The minimum atomic E-state index is 0.0245. The number of carbonyl (C=O) groups is 1. The number of rotatable bonds is 4. The second kappa shape index (κ2) is 6.25. The lowest BCUT2D eigenvalue weighted by atomic mass is 10.1. The van der Waals surface area contributed by atoms with Crippen molar-refractivity contribution in [3.05, 3.63) is 0 Å². The zero-order valence-electron chi connectivity index (χ0n) is 8.67. The van der Waals surface area contributed by atoms with E-state index in [9.17, 15) is 4.79 Å². The summed E-state index contributed by atoms with van der Waals surface area (Å²) in [5, 5.41) is 0. The van der Waals surface area contributed by atoms with Crippen LogP contribution in [0.1, 0.15) is 26.2 Å². The van der Waals surface area contributed by atoms with E-state index in [1.54, 1.807) is 4.90 Å². The lowest BCUT2D eigenvalue weighted by Crippen LogP contribution is -2.43. The predicted molar refractivity (Wildman–Crippen MR) is 56.6 cm³/mol. The summed E-state index contributed by atoms with van der Waals surface area (Å²) < 4.78 is 5.62.